The van der Waals surface area contributed by atoms with Crippen molar-refractivity contribution in [2.24, 2.45) is 0 Å². The van der Waals surface area contributed by atoms with Crippen LogP contribution in [-0.2, 0) is 11.8 Å². The molecule has 3 rings (SSSR count). The average molecular weight is 253 g/mol. The lowest BCUT2D eigenvalue weighted by Crippen LogP contribution is -2.16. The second-order valence-corrected chi connectivity index (χ2v) is 5.30. The summed E-state index contributed by atoms with van der Waals surface area (Å²) in [7, 11) is 0. The molecule has 0 saturated heterocycles. The molecule has 0 amide bonds. The van der Waals surface area contributed by atoms with Crippen molar-refractivity contribution in [3.05, 3.63) is 53.0 Å². The largest absolute Gasteiger partial charge is 0.383 e. The Kier molecular flexibility index (Phi) is 2.77. The van der Waals surface area contributed by atoms with Crippen LogP contribution in [0.5, 0.6) is 0 Å². The zero-order chi connectivity index (χ0) is 13.5. The molecule has 0 unspecified atom stereocenters. The van der Waals surface area contributed by atoms with Gasteiger partial charge in [-0.2, -0.15) is 0 Å². The fourth-order valence-electron chi connectivity index (χ4n) is 2.79. The first-order valence-electron chi connectivity index (χ1n) is 6.86. The van der Waals surface area contributed by atoms with Crippen molar-refractivity contribution >= 4 is 5.82 Å². The maximum absolute atomic E-state index is 6.08. The Morgan fingerprint density at radius 2 is 1.84 bits per heavy atom. The Bertz CT molecular complexity index is 578. The summed E-state index contributed by atoms with van der Waals surface area (Å²) in [5.41, 5.74) is 9.49. The third-order valence-electron chi connectivity index (χ3n) is 4.10. The normalized spacial score (nSPS) is 16.3. The maximum atomic E-state index is 6.08. The van der Waals surface area contributed by atoms with Gasteiger partial charge in [-0.25, -0.2) is 9.97 Å². The Balaban J connectivity index is 2.08. The van der Waals surface area contributed by atoms with Crippen LogP contribution in [0.1, 0.15) is 42.4 Å². The van der Waals surface area contributed by atoms with Crippen LogP contribution in [-0.4, -0.2) is 9.97 Å². The quantitative estimate of drug-likeness (QED) is 0.914. The molecule has 0 atom stereocenters. The summed E-state index contributed by atoms with van der Waals surface area (Å²) in [6.07, 6.45) is 3.11. The predicted octanol–water partition coefficient (Wildman–Crippen LogP) is 3.01. The van der Waals surface area contributed by atoms with Crippen LogP contribution in [0.15, 0.2) is 30.3 Å². The van der Waals surface area contributed by atoms with E-state index >= 15 is 0 Å². The van der Waals surface area contributed by atoms with E-state index in [1.807, 2.05) is 13.0 Å². The summed E-state index contributed by atoms with van der Waals surface area (Å²) < 4.78 is 0. The van der Waals surface area contributed by atoms with Crippen LogP contribution >= 0.6 is 0 Å². The number of nitrogen functional groups attached to an aromatic ring is 1. The average Bonchev–Trinajstić information content (AvgIpc) is 3.21. The highest BCUT2D eigenvalue weighted by molar-refractivity contribution is 5.46. The van der Waals surface area contributed by atoms with E-state index in [0.717, 1.165) is 36.3 Å². The lowest BCUT2D eigenvalue weighted by molar-refractivity contribution is 0.744. The SMILES string of the molecule is CCc1c(C)nc(C2(c3ccccc3)CC2)nc1N. The standard InChI is InChI=1S/C16H19N3/c1-3-13-11(2)18-15(19-14(13)17)16(9-10-16)12-7-5-4-6-8-12/h4-8H,3,9-10H2,1-2H3,(H2,17,18,19). The Morgan fingerprint density at radius 3 is 2.37 bits per heavy atom. The minimum atomic E-state index is 0.00636. The van der Waals surface area contributed by atoms with Gasteiger partial charge in [0.25, 0.3) is 0 Å². The Morgan fingerprint density at radius 1 is 1.16 bits per heavy atom. The second-order valence-electron chi connectivity index (χ2n) is 5.30. The van der Waals surface area contributed by atoms with Crippen LogP contribution in [0.25, 0.3) is 0 Å². The minimum Gasteiger partial charge on any atom is -0.383 e. The minimum absolute atomic E-state index is 0.00636. The molecule has 1 fully saturated rings. The second kappa shape index (κ2) is 4.34. The third kappa shape index (κ3) is 1.89. The molecule has 1 aromatic heterocycles. The van der Waals surface area contributed by atoms with Crippen LogP contribution < -0.4 is 5.73 Å². The summed E-state index contributed by atoms with van der Waals surface area (Å²) in [5, 5.41) is 0. The van der Waals surface area contributed by atoms with Crippen molar-refractivity contribution in [1.29, 1.82) is 0 Å². The number of rotatable bonds is 3. The smallest absolute Gasteiger partial charge is 0.141 e. The molecule has 1 aliphatic carbocycles. The van der Waals surface area contributed by atoms with Gasteiger partial charge >= 0.3 is 0 Å². The van der Waals surface area contributed by atoms with Crippen molar-refractivity contribution in [2.75, 3.05) is 5.73 Å². The van der Waals surface area contributed by atoms with Gasteiger partial charge in [0.05, 0.1) is 5.41 Å². The summed E-state index contributed by atoms with van der Waals surface area (Å²) >= 11 is 0. The number of hydrogen-bond donors (Lipinski definition) is 1. The van der Waals surface area contributed by atoms with Gasteiger partial charge in [0.15, 0.2) is 0 Å². The third-order valence-corrected chi connectivity index (χ3v) is 4.10. The van der Waals surface area contributed by atoms with E-state index in [9.17, 15) is 0 Å². The molecule has 3 heteroatoms. The molecule has 0 radical (unpaired) electrons. The van der Waals surface area contributed by atoms with Gasteiger partial charge in [-0.05, 0) is 31.7 Å². The first-order valence-corrected chi connectivity index (χ1v) is 6.86. The summed E-state index contributed by atoms with van der Waals surface area (Å²) in [5.74, 6) is 1.54. The van der Waals surface area contributed by atoms with E-state index in [0.29, 0.717) is 5.82 Å². The molecule has 0 bridgehead atoms. The lowest BCUT2D eigenvalue weighted by atomic mass is 9.94. The molecule has 19 heavy (non-hydrogen) atoms. The molecule has 2 aromatic rings. The van der Waals surface area contributed by atoms with E-state index < -0.39 is 0 Å². The fourth-order valence-corrected chi connectivity index (χ4v) is 2.79. The summed E-state index contributed by atoms with van der Waals surface area (Å²) in [6, 6.07) is 10.5. The number of benzene rings is 1. The van der Waals surface area contributed by atoms with E-state index in [-0.39, 0.29) is 5.41 Å². The Hall–Kier alpha value is -1.90. The van der Waals surface area contributed by atoms with Crippen molar-refractivity contribution in [3.8, 4) is 0 Å². The van der Waals surface area contributed by atoms with Gasteiger partial charge in [0, 0.05) is 11.3 Å². The van der Waals surface area contributed by atoms with Crippen molar-refractivity contribution in [1.82, 2.24) is 9.97 Å². The van der Waals surface area contributed by atoms with Gasteiger partial charge < -0.3 is 5.73 Å². The fraction of sp³-hybridized carbons (Fsp3) is 0.375. The zero-order valence-corrected chi connectivity index (χ0v) is 11.5. The van der Waals surface area contributed by atoms with Crippen LogP contribution in [0.2, 0.25) is 0 Å². The number of nitrogens with zero attached hydrogens (tertiary/aromatic N) is 2. The number of aromatic nitrogens is 2. The van der Waals surface area contributed by atoms with Crippen LogP contribution in [0, 0.1) is 6.92 Å². The maximum Gasteiger partial charge on any atom is 0.141 e. The molecule has 0 aliphatic heterocycles. The van der Waals surface area contributed by atoms with Crippen molar-refractivity contribution in [3.63, 3.8) is 0 Å². The molecule has 1 saturated carbocycles. The molecule has 1 aliphatic rings. The highest BCUT2D eigenvalue weighted by Gasteiger charge is 2.48. The predicted molar refractivity (Wildman–Crippen MR) is 77.0 cm³/mol. The van der Waals surface area contributed by atoms with E-state index in [4.69, 9.17) is 10.7 Å². The van der Waals surface area contributed by atoms with Gasteiger partial charge in [-0.15, -0.1) is 0 Å². The molecular weight excluding hydrogens is 234 g/mol. The number of aryl methyl sites for hydroxylation is 1. The first-order chi connectivity index (χ1) is 9.17. The molecule has 2 N–H and O–H groups in total. The summed E-state index contributed by atoms with van der Waals surface area (Å²) in [6.45, 7) is 4.12. The number of nitrogens with two attached hydrogens (primary N) is 1. The highest BCUT2D eigenvalue weighted by atomic mass is 15.0. The molecular formula is C16H19N3. The van der Waals surface area contributed by atoms with E-state index in [1.54, 1.807) is 0 Å². The van der Waals surface area contributed by atoms with Gasteiger partial charge in [-0.3, -0.25) is 0 Å². The van der Waals surface area contributed by atoms with E-state index in [1.165, 1.54) is 5.56 Å². The summed E-state index contributed by atoms with van der Waals surface area (Å²) in [4.78, 5) is 9.31. The monoisotopic (exact) mass is 253 g/mol. The number of anilines is 1. The molecule has 0 spiro atoms. The van der Waals surface area contributed by atoms with Crippen LogP contribution in [0.4, 0.5) is 5.82 Å². The lowest BCUT2D eigenvalue weighted by Gasteiger charge is -2.17. The van der Waals surface area contributed by atoms with Crippen molar-refractivity contribution in [2.45, 2.75) is 38.5 Å². The Labute approximate surface area is 113 Å². The van der Waals surface area contributed by atoms with Crippen molar-refractivity contribution < 1.29 is 0 Å². The highest BCUT2D eigenvalue weighted by Crippen LogP contribution is 2.52. The molecule has 3 nitrogen and oxygen atoms in total. The van der Waals surface area contributed by atoms with Gasteiger partial charge in [-0.1, -0.05) is 37.3 Å². The molecule has 1 heterocycles. The van der Waals surface area contributed by atoms with Gasteiger partial charge in [0.2, 0.25) is 0 Å². The number of hydrogen-bond acceptors (Lipinski definition) is 3. The molecule has 1 aromatic carbocycles. The zero-order valence-electron chi connectivity index (χ0n) is 11.5. The first kappa shape index (κ1) is 12.2. The van der Waals surface area contributed by atoms with Crippen LogP contribution in [0.3, 0.4) is 0 Å². The topological polar surface area (TPSA) is 51.8 Å². The molecule has 98 valence electrons. The van der Waals surface area contributed by atoms with E-state index in [2.05, 4.69) is 36.2 Å². The van der Waals surface area contributed by atoms with Gasteiger partial charge in [0.1, 0.15) is 11.6 Å².